The van der Waals surface area contributed by atoms with E-state index >= 15 is 0 Å². The smallest absolute Gasteiger partial charge is 0.254 e. The summed E-state index contributed by atoms with van der Waals surface area (Å²) in [4.78, 5) is 22.7. The number of aliphatic hydroxyl groups excluding tert-OH is 1. The van der Waals surface area contributed by atoms with Gasteiger partial charge in [-0.15, -0.1) is 11.3 Å². The second-order valence-electron chi connectivity index (χ2n) is 3.29. The molecule has 0 aliphatic rings. The summed E-state index contributed by atoms with van der Waals surface area (Å²) in [6.45, 7) is 1.71. The van der Waals surface area contributed by atoms with Crippen LogP contribution in [0.15, 0.2) is 16.4 Å². The van der Waals surface area contributed by atoms with Crippen molar-refractivity contribution in [3.8, 4) is 10.8 Å². The van der Waals surface area contributed by atoms with Crippen LogP contribution in [0.2, 0.25) is 0 Å². The molecule has 0 aliphatic carbocycles. The van der Waals surface area contributed by atoms with Crippen LogP contribution in [-0.4, -0.2) is 26.7 Å². The molecule has 0 saturated heterocycles. The van der Waals surface area contributed by atoms with Crippen molar-refractivity contribution in [2.45, 2.75) is 13.3 Å². The molecular formula is C10H11N3O2S. The van der Waals surface area contributed by atoms with Crippen LogP contribution in [0.1, 0.15) is 11.3 Å². The second-order valence-corrected chi connectivity index (χ2v) is 4.18. The van der Waals surface area contributed by atoms with Gasteiger partial charge in [-0.3, -0.25) is 4.79 Å². The molecule has 2 aromatic rings. The summed E-state index contributed by atoms with van der Waals surface area (Å²) in [6.07, 6.45) is 1.99. The summed E-state index contributed by atoms with van der Waals surface area (Å²) in [6, 6.07) is 0. The molecule has 0 atom stereocenters. The second kappa shape index (κ2) is 4.54. The number of H-pyrrole nitrogens is 1. The molecule has 0 spiro atoms. The van der Waals surface area contributed by atoms with Gasteiger partial charge in [-0.25, -0.2) is 9.97 Å². The van der Waals surface area contributed by atoms with Crippen molar-refractivity contribution in [2.24, 2.45) is 0 Å². The minimum atomic E-state index is -0.202. The van der Waals surface area contributed by atoms with Crippen molar-refractivity contribution in [1.82, 2.24) is 15.0 Å². The fraction of sp³-hybridized carbons (Fsp3) is 0.300. The Morgan fingerprint density at radius 3 is 2.94 bits per heavy atom. The number of thiazole rings is 1. The van der Waals surface area contributed by atoms with E-state index in [1.165, 1.54) is 11.3 Å². The molecule has 2 aromatic heterocycles. The van der Waals surface area contributed by atoms with E-state index in [9.17, 15) is 4.79 Å². The van der Waals surface area contributed by atoms with E-state index in [1.54, 1.807) is 13.1 Å². The molecular weight excluding hydrogens is 226 g/mol. The number of nitrogens with zero attached hydrogens (tertiary/aromatic N) is 2. The first-order valence-electron chi connectivity index (χ1n) is 4.83. The van der Waals surface area contributed by atoms with E-state index in [2.05, 4.69) is 15.0 Å². The van der Waals surface area contributed by atoms with Crippen LogP contribution in [0.5, 0.6) is 0 Å². The predicted octanol–water partition coefficient (Wildman–Crippen LogP) is 0.737. The summed E-state index contributed by atoms with van der Waals surface area (Å²) >= 11 is 1.42. The predicted molar refractivity (Wildman–Crippen MR) is 61.5 cm³/mol. The fourth-order valence-electron chi connectivity index (χ4n) is 1.46. The normalized spacial score (nSPS) is 10.6. The first-order valence-corrected chi connectivity index (χ1v) is 5.71. The molecule has 0 amide bonds. The molecule has 84 valence electrons. The highest BCUT2D eigenvalue weighted by Gasteiger charge is 2.10. The molecule has 0 fully saturated rings. The van der Waals surface area contributed by atoms with Crippen molar-refractivity contribution >= 4 is 11.3 Å². The standard InChI is InChI=1S/C10H11N3O2S/c1-6-7(2-4-14)9(15)13-8(12-6)10-11-3-5-16-10/h3,5,14H,2,4H2,1H3,(H,12,13,15). The Kier molecular flexibility index (Phi) is 3.12. The number of rotatable bonds is 3. The van der Waals surface area contributed by atoms with Crippen LogP contribution in [0.3, 0.4) is 0 Å². The minimum absolute atomic E-state index is 0.0534. The molecule has 0 aliphatic heterocycles. The molecule has 0 radical (unpaired) electrons. The molecule has 0 unspecified atom stereocenters. The minimum Gasteiger partial charge on any atom is -0.396 e. The van der Waals surface area contributed by atoms with E-state index in [-0.39, 0.29) is 12.2 Å². The van der Waals surface area contributed by atoms with Gasteiger partial charge in [-0.05, 0) is 6.92 Å². The number of aryl methyl sites for hydroxylation is 1. The van der Waals surface area contributed by atoms with Gasteiger partial charge in [0.2, 0.25) is 0 Å². The van der Waals surface area contributed by atoms with Gasteiger partial charge in [0.15, 0.2) is 10.8 Å². The van der Waals surface area contributed by atoms with Gasteiger partial charge >= 0.3 is 0 Å². The Morgan fingerprint density at radius 1 is 1.56 bits per heavy atom. The molecule has 0 saturated carbocycles. The van der Waals surface area contributed by atoms with Gasteiger partial charge < -0.3 is 10.1 Å². The Labute approximate surface area is 95.8 Å². The monoisotopic (exact) mass is 237 g/mol. The topological polar surface area (TPSA) is 78.9 Å². The third kappa shape index (κ3) is 2.02. The van der Waals surface area contributed by atoms with Crippen LogP contribution in [0.25, 0.3) is 10.8 Å². The summed E-state index contributed by atoms with van der Waals surface area (Å²) in [5.41, 5.74) is 0.970. The van der Waals surface area contributed by atoms with Crippen LogP contribution in [0, 0.1) is 6.92 Å². The molecule has 2 N–H and O–H groups in total. The summed E-state index contributed by atoms with van der Waals surface area (Å²) in [5.74, 6) is 0.485. The van der Waals surface area contributed by atoms with E-state index in [0.717, 1.165) is 0 Å². The van der Waals surface area contributed by atoms with Crippen LogP contribution < -0.4 is 5.56 Å². The third-order valence-corrected chi connectivity index (χ3v) is 3.00. The van der Waals surface area contributed by atoms with Crippen molar-refractivity contribution in [1.29, 1.82) is 0 Å². The lowest BCUT2D eigenvalue weighted by Crippen LogP contribution is -2.18. The molecule has 6 heteroatoms. The lowest BCUT2D eigenvalue weighted by molar-refractivity contribution is 0.298. The number of aliphatic hydroxyl groups is 1. The average Bonchev–Trinajstić information content (AvgIpc) is 2.76. The van der Waals surface area contributed by atoms with Crippen LogP contribution >= 0.6 is 11.3 Å². The zero-order valence-corrected chi connectivity index (χ0v) is 9.54. The van der Waals surface area contributed by atoms with Crippen LogP contribution in [-0.2, 0) is 6.42 Å². The van der Waals surface area contributed by atoms with E-state index < -0.39 is 0 Å². The summed E-state index contributed by atoms with van der Waals surface area (Å²) in [5, 5.41) is 11.3. The summed E-state index contributed by atoms with van der Waals surface area (Å²) < 4.78 is 0. The van der Waals surface area contributed by atoms with Crippen molar-refractivity contribution < 1.29 is 5.11 Å². The number of nitrogens with one attached hydrogen (secondary N) is 1. The molecule has 0 aromatic carbocycles. The van der Waals surface area contributed by atoms with Gasteiger partial charge in [0.1, 0.15) is 0 Å². The number of aromatic amines is 1. The SMILES string of the molecule is Cc1nc(-c2nccs2)[nH]c(=O)c1CCO. The van der Waals surface area contributed by atoms with Gasteiger partial charge in [-0.2, -0.15) is 0 Å². The van der Waals surface area contributed by atoms with Crippen molar-refractivity contribution in [3.05, 3.63) is 33.2 Å². The first kappa shape index (κ1) is 11.0. The van der Waals surface area contributed by atoms with Gasteiger partial charge in [0.05, 0.1) is 0 Å². The number of hydrogen-bond acceptors (Lipinski definition) is 5. The third-order valence-electron chi connectivity index (χ3n) is 2.22. The molecule has 2 heterocycles. The van der Waals surface area contributed by atoms with E-state index in [1.807, 2.05) is 5.38 Å². The largest absolute Gasteiger partial charge is 0.396 e. The van der Waals surface area contributed by atoms with Gasteiger partial charge in [0, 0.05) is 35.9 Å². The maximum Gasteiger partial charge on any atom is 0.254 e. The van der Waals surface area contributed by atoms with E-state index in [4.69, 9.17) is 5.11 Å². The summed E-state index contributed by atoms with van der Waals surface area (Å²) in [7, 11) is 0. The highest BCUT2D eigenvalue weighted by molar-refractivity contribution is 7.12. The zero-order chi connectivity index (χ0) is 11.5. The molecule has 5 nitrogen and oxygen atoms in total. The average molecular weight is 237 g/mol. The zero-order valence-electron chi connectivity index (χ0n) is 8.73. The highest BCUT2D eigenvalue weighted by atomic mass is 32.1. The quantitative estimate of drug-likeness (QED) is 0.825. The number of hydrogen-bond donors (Lipinski definition) is 2. The van der Waals surface area contributed by atoms with Crippen molar-refractivity contribution in [3.63, 3.8) is 0 Å². The Balaban J connectivity index is 2.49. The number of aromatic nitrogens is 3. The molecule has 16 heavy (non-hydrogen) atoms. The highest BCUT2D eigenvalue weighted by Crippen LogP contribution is 2.16. The van der Waals surface area contributed by atoms with Gasteiger partial charge in [-0.1, -0.05) is 0 Å². The Hall–Kier alpha value is -1.53. The first-order chi connectivity index (χ1) is 7.72. The lowest BCUT2D eigenvalue weighted by atomic mass is 10.2. The van der Waals surface area contributed by atoms with Crippen LogP contribution in [0.4, 0.5) is 0 Å². The maximum absolute atomic E-state index is 11.7. The maximum atomic E-state index is 11.7. The van der Waals surface area contributed by atoms with E-state index in [0.29, 0.717) is 28.5 Å². The Morgan fingerprint density at radius 2 is 2.38 bits per heavy atom. The lowest BCUT2D eigenvalue weighted by Gasteiger charge is -2.03. The van der Waals surface area contributed by atoms with Gasteiger partial charge in [0.25, 0.3) is 5.56 Å². The van der Waals surface area contributed by atoms with Crippen molar-refractivity contribution in [2.75, 3.05) is 6.61 Å². The molecule has 2 rings (SSSR count). The molecule has 0 bridgehead atoms. The fourth-order valence-corrected chi connectivity index (χ4v) is 2.04. The Bertz CT molecular complexity index is 533.